The molecule has 0 saturated carbocycles. The van der Waals surface area contributed by atoms with Gasteiger partial charge in [0.25, 0.3) is 0 Å². The average Bonchev–Trinajstić information content (AvgIpc) is 2.63. The predicted molar refractivity (Wildman–Crippen MR) is 87.8 cm³/mol. The number of anilines is 2. The first-order chi connectivity index (χ1) is 11.7. The molecule has 0 unspecified atom stereocenters. The predicted octanol–water partition coefficient (Wildman–Crippen LogP) is 0.926. The number of nitrogen functional groups attached to an aromatic ring is 1. The topological polar surface area (TPSA) is 99.3 Å². The van der Waals surface area contributed by atoms with Crippen molar-refractivity contribution in [3.8, 4) is 5.88 Å². The molecule has 2 aliphatic rings. The van der Waals surface area contributed by atoms with Crippen LogP contribution in [0.15, 0.2) is 18.6 Å². The largest absolute Gasteiger partial charge is 0.481 e. The molecule has 24 heavy (non-hydrogen) atoms. The summed E-state index contributed by atoms with van der Waals surface area (Å²) in [6.45, 7) is 2.34. The van der Waals surface area contributed by atoms with E-state index in [0.717, 1.165) is 49.4 Å². The summed E-state index contributed by atoms with van der Waals surface area (Å²) >= 11 is 0. The number of piperidine rings is 1. The van der Waals surface area contributed by atoms with Crippen LogP contribution in [0, 0.1) is 0 Å². The first-order valence-electron chi connectivity index (χ1n) is 8.07. The lowest BCUT2D eigenvalue weighted by Crippen LogP contribution is -2.47. The van der Waals surface area contributed by atoms with Gasteiger partial charge in [-0.15, -0.1) is 0 Å². The summed E-state index contributed by atoms with van der Waals surface area (Å²) in [4.78, 5) is 19.2. The van der Waals surface area contributed by atoms with E-state index in [1.165, 1.54) is 6.33 Å². The molecular formula is C16H20N6O2. The quantitative estimate of drug-likeness (QED) is 0.869. The smallest absolute Gasteiger partial charge is 0.220 e. The van der Waals surface area contributed by atoms with Crippen molar-refractivity contribution < 1.29 is 9.47 Å². The molecule has 2 aliphatic heterocycles. The fraction of sp³-hybridized carbons (Fsp3) is 0.500. The van der Waals surface area contributed by atoms with E-state index in [1.807, 2.05) is 12.3 Å². The van der Waals surface area contributed by atoms with Crippen molar-refractivity contribution in [1.29, 1.82) is 0 Å². The lowest BCUT2D eigenvalue weighted by molar-refractivity contribution is -0.0801. The molecule has 1 saturated heterocycles. The third-order valence-electron chi connectivity index (χ3n) is 4.80. The summed E-state index contributed by atoms with van der Waals surface area (Å²) in [5.74, 6) is 1.75. The molecular weight excluding hydrogens is 308 g/mol. The summed E-state index contributed by atoms with van der Waals surface area (Å²) in [5.41, 5.74) is 7.55. The Morgan fingerprint density at radius 3 is 2.88 bits per heavy atom. The first kappa shape index (κ1) is 15.1. The van der Waals surface area contributed by atoms with Crippen LogP contribution >= 0.6 is 0 Å². The first-order valence-corrected chi connectivity index (χ1v) is 8.07. The molecule has 2 N–H and O–H groups in total. The Morgan fingerprint density at radius 2 is 2.08 bits per heavy atom. The van der Waals surface area contributed by atoms with Crippen molar-refractivity contribution in [2.24, 2.45) is 0 Å². The second-order valence-electron chi connectivity index (χ2n) is 6.10. The van der Waals surface area contributed by atoms with Gasteiger partial charge in [-0.3, -0.25) is 0 Å². The summed E-state index contributed by atoms with van der Waals surface area (Å²) < 4.78 is 11.4. The highest BCUT2D eigenvalue weighted by Gasteiger charge is 2.42. The fourth-order valence-electron chi connectivity index (χ4n) is 3.52. The van der Waals surface area contributed by atoms with Crippen LogP contribution in [-0.2, 0) is 16.8 Å². The normalized spacial score (nSPS) is 19.1. The van der Waals surface area contributed by atoms with E-state index in [2.05, 4.69) is 24.8 Å². The maximum Gasteiger partial charge on any atom is 0.220 e. The summed E-state index contributed by atoms with van der Waals surface area (Å²) in [5, 5.41) is 0. The highest BCUT2D eigenvalue weighted by atomic mass is 16.5. The van der Waals surface area contributed by atoms with Gasteiger partial charge in [-0.05, 0) is 24.8 Å². The third kappa shape index (κ3) is 2.52. The zero-order valence-corrected chi connectivity index (χ0v) is 13.6. The van der Waals surface area contributed by atoms with E-state index in [-0.39, 0.29) is 5.60 Å². The molecule has 0 radical (unpaired) electrons. The summed E-state index contributed by atoms with van der Waals surface area (Å²) in [6.07, 6.45) is 5.87. The van der Waals surface area contributed by atoms with E-state index in [1.54, 1.807) is 7.11 Å². The number of nitrogens with two attached hydrogens (primary N) is 1. The molecule has 0 atom stereocenters. The van der Waals surface area contributed by atoms with Gasteiger partial charge < -0.3 is 20.1 Å². The maximum absolute atomic E-state index is 6.19. The van der Waals surface area contributed by atoms with E-state index in [0.29, 0.717) is 18.4 Å². The van der Waals surface area contributed by atoms with Crippen LogP contribution in [0.2, 0.25) is 0 Å². The van der Waals surface area contributed by atoms with Gasteiger partial charge in [-0.25, -0.2) is 19.9 Å². The Kier molecular flexibility index (Phi) is 3.68. The van der Waals surface area contributed by atoms with Crippen molar-refractivity contribution in [3.05, 3.63) is 29.8 Å². The van der Waals surface area contributed by atoms with Crippen LogP contribution in [0.3, 0.4) is 0 Å². The molecule has 0 bridgehead atoms. The van der Waals surface area contributed by atoms with Gasteiger partial charge in [-0.2, -0.15) is 0 Å². The average molecular weight is 328 g/mol. The van der Waals surface area contributed by atoms with Gasteiger partial charge in [-0.1, -0.05) is 0 Å². The van der Waals surface area contributed by atoms with Gasteiger partial charge in [0.2, 0.25) is 11.8 Å². The molecule has 8 heteroatoms. The van der Waals surface area contributed by atoms with Crippen LogP contribution in [0.5, 0.6) is 5.88 Å². The molecule has 4 heterocycles. The van der Waals surface area contributed by atoms with Crippen molar-refractivity contribution in [3.63, 3.8) is 0 Å². The lowest BCUT2D eigenvalue weighted by Gasteiger charge is -2.44. The van der Waals surface area contributed by atoms with Crippen molar-refractivity contribution in [1.82, 2.24) is 19.9 Å². The number of fused-ring (bicyclic) bond motifs is 2. The Bertz CT molecular complexity index is 745. The van der Waals surface area contributed by atoms with Gasteiger partial charge in [0.1, 0.15) is 17.7 Å². The highest BCUT2D eigenvalue weighted by Crippen LogP contribution is 2.41. The number of hydrogen-bond acceptors (Lipinski definition) is 8. The van der Waals surface area contributed by atoms with E-state index < -0.39 is 0 Å². The summed E-state index contributed by atoms with van der Waals surface area (Å²) in [6, 6.07) is 1.85. The van der Waals surface area contributed by atoms with Crippen LogP contribution in [0.25, 0.3) is 0 Å². The molecule has 8 nitrogen and oxygen atoms in total. The lowest BCUT2D eigenvalue weighted by atomic mass is 9.83. The van der Waals surface area contributed by atoms with Crippen LogP contribution in [-0.4, -0.2) is 46.7 Å². The third-order valence-corrected chi connectivity index (χ3v) is 4.80. The zero-order valence-electron chi connectivity index (χ0n) is 13.6. The zero-order chi connectivity index (χ0) is 16.6. The molecule has 2 aromatic heterocycles. The maximum atomic E-state index is 6.19. The number of aromatic nitrogens is 4. The van der Waals surface area contributed by atoms with Crippen LogP contribution in [0.4, 0.5) is 11.8 Å². The molecule has 0 aliphatic carbocycles. The number of hydrogen-bond donors (Lipinski definition) is 1. The van der Waals surface area contributed by atoms with Crippen molar-refractivity contribution in [2.75, 3.05) is 37.4 Å². The van der Waals surface area contributed by atoms with Crippen molar-refractivity contribution in [2.45, 2.75) is 24.9 Å². The number of ether oxygens (including phenoxy) is 2. The number of methoxy groups -OCH3 is 1. The standard InChI is InChI=1S/C16H20N6O2/c1-23-13-8-12(19-10-20-13)22-5-3-16(4-6-22)14-11(2-7-24-16)9-18-15(17)21-14/h8-10H,2-7H2,1H3,(H2,17,18,21). The highest BCUT2D eigenvalue weighted by molar-refractivity contribution is 5.42. The molecule has 1 fully saturated rings. The molecule has 0 amide bonds. The van der Waals surface area contributed by atoms with Crippen molar-refractivity contribution >= 4 is 11.8 Å². The Morgan fingerprint density at radius 1 is 1.25 bits per heavy atom. The summed E-state index contributed by atoms with van der Waals surface area (Å²) in [7, 11) is 1.61. The number of nitrogens with zero attached hydrogens (tertiary/aromatic N) is 5. The molecule has 4 rings (SSSR count). The molecule has 1 spiro atoms. The SMILES string of the molecule is COc1cc(N2CCC3(CC2)OCCc2cnc(N)nc23)ncn1. The second kappa shape index (κ2) is 5.86. The van der Waals surface area contributed by atoms with Gasteiger partial charge in [0.15, 0.2) is 0 Å². The molecule has 0 aromatic carbocycles. The number of rotatable bonds is 2. The monoisotopic (exact) mass is 328 g/mol. The Labute approximate surface area is 140 Å². The molecule has 2 aromatic rings. The van der Waals surface area contributed by atoms with Crippen LogP contribution in [0.1, 0.15) is 24.1 Å². The van der Waals surface area contributed by atoms with Crippen LogP contribution < -0.4 is 15.4 Å². The fourth-order valence-corrected chi connectivity index (χ4v) is 3.52. The minimum atomic E-state index is -0.363. The van der Waals surface area contributed by atoms with E-state index in [4.69, 9.17) is 15.2 Å². The molecule has 126 valence electrons. The Hall–Kier alpha value is -2.48. The van der Waals surface area contributed by atoms with Gasteiger partial charge in [0, 0.05) is 25.4 Å². The van der Waals surface area contributed by atoms with Gasteiger partial charge in [0.05, 0.1) is 19.4 Å². The van der Waals surface area contributed by atoms with Gasteiger partial charge >= 0.3 is 0 Å². The second-order valence-corrected chi connectivity index (χ2v) is 6.10. The van der Waals surface area contributed by atoms with E-state index in [9.17, 15) is 0 Å². The van der Waals surface area contributed by atoms with E-state index >= 15 is 0 Å². The minimum Gasteiger partial charge on any atom is -0.481 e. The Balaban J connectivity index is 1.57. The minimum absolute atomic E-state index is 0.307.